The van der Waals surface area contributed by atoms with E-state index in [2.05, 4.69) is 10.6 Å². The quantitative estimate of drug-likeness (QED) is 0.403. The Kier molecular flexibility index (Phi) is 8.99. The summed E-state index contributed by atoms with van der Waals surface area (Å²) in [7, 11) is 7.58. The minimum absolute atomic E-state index is 0.191. The second-order valence-corrected chi connectivity index (χ2v) is 7.65. The van der Waals surface area contributed by atoms with Gasteiger partial charge in [0.05, 0.1) is 46.9 Å². The van der Waals surface area contributed by atoms with Crippen LogP contribution in [0.5, 0.6) is 28.7 Å². The van der Waals surface area contributed by atoms with Crippen molar-refractivity contribution in [3.8, 4) is 28.7 Å². The van der Waals surface area contributed by atoms with Crippen LogP contribution in [0.15, 0.2) is 54.6 Å². The summed E-state index contributed by atoms with van der Waals surface area (Å²) in [5.74, 6) is 1.76. The van der Waals surface area contributed by atoms with Gasteiger partial charge < -0.3 is 34.3 Å². The van der Waals surface area contributed by atoms with Crippen LogP contribution in [0.3, 0.4) is 0 Å². The molecule has 0 radical (unpaired) electrons. The van der Waals surface area contributed by atoms with Gasteiger partial charge in [-0.2, -0.15) is 0 Å². The molecule has 0 atom stereocenters. The second-order valence-electron chi connectivity index (χ2n) is 7.65. The zero-order chi connectivity index (χ0) is 26.1. The predicted molar refractivity (Wildman–Crippen MR) is 137 cm³/mol. The number of methoxy groups -OCH3 is 5. The van der Waals surface area contributed by atoms with Crippen molar-refractivity contribution in [2.24, 2.45) is 0 Å². The van der Waals surface area contributed by atoms with Crippen LogP contribution < -0.4 is 34.3 Å². The van der Waals surface area contributed by atoms with Crippen molar-refractivity contribution in [1.82, 2.24) is 0 Å². The Morgan fingerprint density at radius 2 is 1.19 bits per heavy atom. The molecular weight excluding hydrogens is 464 g/mol. The maximum atomic E-state index is 12.8. The number of carbonyl (C=O) groups is 2. The highest BCUT2D eigenvalue weighted by Gasteiger charge is 2.17. The molecule has 9 heteroatoms. The zero-order valence-electron chi connectivity index (χ0n) is 21.0. The van der Waals surface area contributed by atoms with E-state index in [-0.39, 0.29) is 18.2 Å². The van der Waals surface area contributed by atoms with Gasteiger partial charge in [-0.05, 0) is 36.2 Å². The van der Waals surface area contributed by atoms with Gasteiger partial charge in [-0.25, -0.2) is 0 Å². The summed E-state index contributed by atoms with van der Waals surface area (Å²) in [4.78, 5) is 25.4. The maximum absolute atomic E-state index is 12.8. The maximum Gasteiger partial charge on any atom is 0.255 e. The number of rotatable bonds is 11. The van der Waals surface area contributed by atoms with Gasteiger partial charge in [-0.1, -0.05) is 18.2 Å². The zero-order valence-corrected chi connectivity index (χ0v) is 21.0. The normalized spacial score (nSPS) is 10.2. The Balaban J connectivity index is 1.74. The molecule has 0 fully saturated rings. The van der Waals surface area contributed by atoms with Crippen molar-refractivity contribution in [2.75, 3.05) is 46.2 Å². The van der Waals surface area contributed by atoms with E-state index < -0.39 is 0 Å². The van der Waals surface area contributed by atoms with Crippen LogP contribution in [-0.2, 0) is 11.2 Å². The molecule has 9 nitrogen and oxygen atoms in total. The Bertz CT molecular complexity index is 1190. The van der Waals surface area contributed by atoms with E-state index in [0.717, 1.165) is 5.56 Å². The van der Waals surface area contributed by atoms with Crippen LogP contribution >= 0.6 is 0 Å². The van der Waals surface area contributed by atoms with Gasteiger partial charge in [0.15, 0.2) is 11.5 Å². The number of hydrogen-bond donors (Lipinski definition) is 2. The van der Waals surface area contributed by atoms with Crippen LogP contribution in [0.25, 0.3) is 0 Å². The third-order valence-corrected chi connectivity index (χ3v) is 5.45. The van der Waals surface area contributed by atoms with E-state index in [1.807, 2.05) is 18.2 Å². The monoisotopic (exact) mass is 494 g/mol. The summed E-state index contributed by atoms with van der Waals surface area (Å²) in [5, 5.41) is 5.67. The molecule has 0 aliphatic rings. The number of amides is 2. The van der Waals surface area contributed by atoms with Crippen molar-refractivity contribution in [3.05, 3.63) is 65.7 Å². The Hall–Kier alpha value is -4.40. The van der Waals surface area contributed by atoms with Crippen molar-refractivity contribution in [1.29, 1.82) is 0 Å². The number of aryl methyl sites for hydroxylation is 1. The molecule has 190 valence electrons. The molecule has 2 amide bonds. The topological polar surface area (TPSA) is 104 Å². The lowest BCUT2D eigenvalue weighted by Gasteiger charge is -2.16. The van der Waals surface area contributed by atoms with Gasteiger partial charge >= 0.3 is 0 Å². The van der Waals surface area contributed by atoms with Crippen molar-refractivity contribution < 1.29 is 33.3 Å². The van der Waals surface area contributed by atoms with E-state index in [1.54, 1.807) is 50.6 Å². The number of ether oxygens (including phenoxy) is 5. The fraction of sp³-hybridized carbons (Fsp3) is 0.259. The number of anilines is 2. The van der Waals surface area contributed by atoms with E-state index in [0.29, 0.717) is 52.1 Å². The molecule has 0 saturated carbocycles. The largest absolute Gasteiger partial charge is 0.494 e. The number of benzene rings is 3. The molecule has 0 saturated heterocycles. The molecule has 0 spiro atoms. The van der Waals surface area contributed by atoms with E-state index in [4.69, 9.17) is 23.7 Å². The molecule has 0 heterocycles. The lowest BCUT2D eigenvalue weighted by atomic mass is 10.1. The molecule has 0 bridgehead atoms. The third-order valence-electron chi connectivity index (χ3n) is 5.45. The number of hydrogen-bond acceptors (Lipinski definition) is 7. The van der Waals surface area contributed by atoms with Gasteiger partial charge in [-0.3, -0.25) is 9.59 Å². The van der Waals surface area contributed by atoms with Crippen LogP contribution in [0.2, 0.25) is 0 Å². The molecule has 0 aliphatic heterocycles. The van der Waals surface area contributed by atoms with Gasteiger partial charge in [0.2, 0.25) is 11.7 Å². The fourth-order valence-corrected chi connectivity index (χ4v) is 3.63. The summed E-state index contributed by atoms with van der Waals surface area (Å²) in [6.07, 6.45) is 0.629. The van der Waals surface area contributed by atoms with E-state index in [9.17, 15) is 9.59 Å². The first-order valence-electron chi connectivity index (χ1n) is 11.1. The minimum atomic E-state index is -0.293. The molecule has 3 rings (SSSR count). The highest BCUT2D eigenvalue weighted by molar-refractivity contribution is 6.05. The highest BCUT2D eigenvalue weighted by Crippen LogP contribution is 2.39. The van der Waals surface area contributed by atoms with E-state index >= 15 is 0 Å². The number of nitrogens with one attached hydrogen (secondary N) is 2. The van der Waals surface area contributed by atoms with Crippen molar-refractivity contribution in [3.63, 3.8) is 0 Å². The van der Waals surface area contributed by atoms with Gasteiger partial charge in [0, 0.05) is 24.1 Å². The molecule has 3 aromatic rings. The predicted octanol–water partition coefficient (Wildman–Crippen LogP) is 4.55. The average molecular weight is 495 g/mol. The summed E-state index contributed by atoms with van der Waals surface area (Å²) in [6.45, 7) is 0. The summed E-state index contributed by atoms with van der Waals surface area (Å²) in [5.41, 5.74) is 2.19. The molecule has 2 N–H and O–H groups in total. The first kappa shape index (κ1) is 26.2. The SMILES string of the molecule is COc1cc(NC(=O)c2ccccc2)c(OC)cc1NC(=O)CCc1cc(OC)c(OC)c(OC)c1. The Morgan fingerprint density at radius 1 is 0.667 bits per heavy atom. The van der Waals surface area contributed by atoms with E-state index in [1.165, 1.54) is 21.3 Å². The molecular formula is C27H30N2O7. The lowest BCUT2D eigenvalue weighted by Crippen LogP contribution is -2.15. The van der Waals surface area contributed by atoms with Crippen LogP contribution in [0.4, 0.5) is 11.4 Å². The van der Waals surface area contributed by atoms with Gasteiger partial charge in [-0.15, -0.1) is 0 Å². The fourth-order valence-electron chi connectivity index (χ4n) is 3.63. The molecule has 0 aromatic heterocycles. The summed E-state index contributed by atoms with van der Waals surface area (Å²) >= 11 is 0. The van der Waals surface area contributed by atoms with Crippen LogP contribution in [0, 0.1) is 0 Å². The second kappa shape index (κ2) is 12.3. The Morgan fingerprint density at radius 3 is 1.69 bits per heavy atom. The van der Waals surface area contributed by atoms with Crippen LogP contribution in [0.1, 0.15) is 22.3 Å². The van der Waals surface area contributed by atoms with Crippen molar-refractivity contribution in [2.45, 2.75) is 12.8 Å². The summed E-state index contributed by atoms with van der Waals surface area (Å²) < 4.78 is 27.0. The first-order valence-corrected chi connectivity index (χ1v) is 11.1. The lowest BCUT2D eigenvalue weighted by molar-refractivity contribution is -0.116. The van der Waals surface area contributed by atoms with Gasteiger partial charge in [0.25, 0.3) is 5.91 Å². The molecule has 0 unspecified atom stereocenters. The molecule has 36 heavy (non-hydrogen) atoms. The highest BCUT2D eigenvalue weighted by atomic mass is 16.5. The Labute approximate surface area is 210 Å². The minimum Gasteiger partial charge on any atom is -0.494 e. The molecule has 0 aliphatic carbocycles. The average Bonchev–Trinajstić information content (AvgIpc) is 2.91. The van der Waals surface area contributed by atoms with Gasteiger partial charge in [0.1, 0.15) is 11.5 Å². The summed E-state index contributed by atoms with van der Waals surface area (Å²) in [6, 6.07) is 15.6. The van der Waals surface area contributed by atoms with Crippen molar-refractivity contribution >= 4 is 23.2 Å². The van der Waals surface area contributed by atoms with Crippen LogP contribution in [-0.4, -0.2) is 47.4 Å². The molecule has 3 aromatic carbocycles. The first-order chi connectivity index (χ1) is 17.4. The number of carbonyl (C=O) groups excluding carboxylic acids is 2. The third kappa shape index (κ3) is 6.18. The smallest absolute Gasteiger partial charge is 0.255 e. The standard InChI is InChI=1S/C27H30N2O7/c1-32-21-16-20(29-27(31)18-9-7-6-8-10-18)22(33-2)15-19(21)28-25(30)12-11-17-13-23(34-3)26(36-5)24(14-17)35-4/h6-10,13-16H,11-12H2,1-5H3,(H,28,30)(H,29,31).